The zero-order valence-electron chi connectivity index (χ0n) is 12.5. The summed E-state index contributed by atoms with van der Waals surface area (Å²) >= 11 is 0. The van der Waals surface area contributed by atoms with E-state index in [1.807, 2.05) is 0 Å². The molecule has 0 amide bonds. The van der Waals surface area contributed by atoms with Gasteiger partial charge in [0.25, 0.3) is 0 Å². The number of hydrogen-bond acceptors (Lipinski definition) is 5. The van der Waals surface area contributed by atoms with Gasteiger partial charge in [0.2, 0.25) is 11.6 Å². The van der Waals surface area contributed by atoms with E-state index in [2.05, 4.69) is 0 Å². The molecule has 1 aliphatic carbocycles. The lowest BCUT2D eigenvalue weighted by molar-refractivity contribution is -0.136. The molecule has 0 heterocycles. The number of carbonyl (C=O) groups excluding carboxylic acids is 5. The van der Waals surface area contributed by atoms with Crippen LogP contribution in [0.2, 0.25) is 0 Å². The van der Waals surface area contributed by atoms with Gasteiger partial charge in [0.1, 0.15) is 11.8 Å². The Labute approximate surface area is 137 Å². The minimum Gasteiger partial charge on any atom is -0.297 e. The molecule has 0 saturated heterocycles. The SMILES string of the molecule is O=C1C(=O)[C@@H](C(=O)c2ccccc2)C(=O)[C@@H]1C(=O)c1ccccc1. The van der Waals surface area contributed by atoms with Gasteiger partial charge in [-0.15, -0.1) is 0 Å². The first-order chi connectivity index (χ1) is 11.5. The average molecular weight is 320 g/mol. The molecule has 1 fully saturated rings. The Morgan fingerprint density at radius 2 is 0.917 bits per heavy atom. The largest absolute Gasteiger partial charge is 0.297 e. The molecule has 0 aromatic heterocycles. The molecule has 0 aliphatic heterocycles. The number of hydrogen-bond donors (Lipinski definition) is 0. The van der Waals surface area contributed by atoms with Crippen molar-refractivity contribution in [1.29, 1.82) is 0 Å². The number of benzene rings is 2. The van der Waals surface area contributed by atoms with E-state index in [-0.39, 0.29) is 11.1 Å². The van der Waals surface area contributed by atoms with Crippen LogP contribution in [0.1, 0.15) is 20.7 Å². The fourth-order valence-electron chi connectivity index (χ4n) is 2.74. The Hall–Kier alpha value is -3.21. The summed E-state index contributed by atoms with van der Waals surface area (Å²) in [5, 5.41) is 0. The predicted octanol–water partition coefficient (Wildman–Crippen LogP) is 1.71. The summed E-state index contributed by atoms with van der Waals surface area (Å²) < 4.78 is 0. The monoisotopic (exact) mass is 320 g/mol. The van der Waals surface area contributed by atoms with E-state index in [1.165, 1.54) is 24.3 Å². The molecule has 2 aromatic rings. The van der Waals surface area contributed by atoms with Crippen molar-refractivity contribution in [2.45, 2.75) is 0 Å². The van der Waals surface area contributed by atoms with Crippen LogP contribution in [0.25, 0.3) is 0 Å². The van der Waals surface area contributed by atoms with Gasteiger partial charge in [-0.25, -0.2) is 0 Å². The average Bonchev–Trinajstić information content (AvgIpc) is 2.84. The Morgan fingerprint density at radius 1 is 0.583 bits per heavy atom. The molecule has 1 saturated carbocycles. The summed E-state index contributed by atoms with van der Waals surface area (Å²) in [4.78, 5) is 61.6. The third-order valence-electron chi connectivity index (χ3n) is 3.98. The second kappa shape index (κ2) is 6.12. The van der Waals surface area contributed by atoms with Gasteiger partial charge >= 0.3 is 0 Å². The highest BCUT2D eigenvalue weighted by Gasteiger charge is 2.55. The van der Waals surface area contributed by atoms with Crippen LogP contribution >= 0.6 is 0 Å². The van der Waals surface area contributed by atoms with Crippen molar-refractivity contribution in [2.75, 3.05) is 0 Å². The van der Waals surface area contributed by atoms with E-state index in [1.54, 1.807) is 36.4 Å². The number of Topliss-reactive ketones (excluding diaryl/α,β-unsaturated/α-hetero) is 5. The highest BCUT2D eigenvalue weighted by molar-refractivity contribution is 6.60. The van der Waals surface area contributed by atoms with E-state index >= 15 is 0 Å². The lowest BCUT2D eigenvalue weighted by Crippen LogP contribution is -2.29. The van der Waals surface area contributed by atoms with E-state index in [4.69, 9.17) is 0 Å². The number of rotatable bonds is 4. The highest BCUT2D eigenvalue weighted by Crippen LogP contribution is 2.27. The topological polar surface area (TPSA) is 85.3 Å². The third-order valence-corrected chi connectivity index (χ3v) is 3.98. The highest BCUT2D eigenvalue weighted by atomic mass is 16.2. The Balaban J connectivity index is 1.94. The Kier molecular flexibility index (Phi) is 4.00. The lowest BCUT2D eigenvalue weighted by Gasteiger charge is -2.07. The van der Waals surface area contributed by atoms with Gasteiger partial charge in [0.15, 0.2) is 17.3 Å². The van der Waals surface area contributed by atoms with Gasteiger partial charge in [-0.05, 0) is 0 Å². The van der Waals surface area contributed by atoms with E-state index in [0.717, 1.165) is 0 Å². The Morgan fingerprint density at radius 3 is 1.25 bits per heavy atom. The van der Waals surface area contributed by atoms with Gasteiger partial charge in [-0.2, -0.15) is 0 Å². The summed E-state index contributed by atoms with van der Waals surface area (Å²) in [6, 6.07) is 15.6. The van der Waals surface area contributed by atoms with Crippen molar-refractivity contribution in [1.82, 2.24) is 0 Å². The molecule has 0 spiro atoms. The molecule has 2 atom stereocenters. The van der Waals surface area contributed by atoms with Crippen molar-refractivity contribution >= 4 is 28.9 Å². The van der Waals surface area contributed by atoms with Crippen molar-refractivity contribution in [3.05, 3.63) is 71.8 Å². The minimum atomic E-state index is -1.72. The molecule has 0 radical (unpaired) electrons. The van der Waals surface area contributed by atoms with E-state index in [9.17, 15) is 24.0 Å². The summed E-state index contributed by atoms with van der Waals surface area (Å²) in [7, 11) is 0. The van der Waals surface area contributed by atoms with Crippen LogP contribution in [0.3, 0.4) is 0 Å². The molecule has 0 N–H and O–H groups in total. The molecule has 24 heavy (non-hydrogen) atoms. The van der Waals surface area contributed by atoms with Crippen LogP contribution in [0, 0.1) is 11.8 Å². The maximum Gasteiger partial charge on any atom is 0.217 e. The normalized spacial score (nSPS) is 20.2. The van der Waals surface area contributed by atoms with E-state index < -0.39 is 40.8 Å². The fraction of sp³-hybridized carbons (Fsp3) is 0.105. The van der Waals surface area contributed by atoms with Gasteiger partial charge in [-0.1, -0.05) is 60.7 Å². The number of ketones is 5. The minimum absolute atomic E-state index is 0.157. The third kappa shape index (κ3) is 2.50. The zero-order valence-corrected chi connectivity index (χ0v) is 12.5. The second-order valence-corrected chi connectivity index (χ2v) is 5.46. The molecule has 2 aromatic carbocycles. The zero-order chi connectivity index (χ0) is 17.3. The van der Waals surface area contributed by atoms with Crippen molar-refractivity contribution < 1.29 is 24.0 Å². The molecule has 118 valence electrons. The molecule has 5 nitrogen and oxygen atoms in total. The first-order valence-corrected chi connectivity index (χ1v) is 7.32. The first kappa shape index (κ1) is 15.7. The summed E-state index contributed by atoms with van der Waals surface area (Å²) in [5.74, 6) is -8.10. The van der Waals surface area contributed by atoms with Gasteiger partial charge in [-0.3, -0.25) is 24.0 Å². The molecule has 5 heteroatoms. The van der Waals surface area contributed by atoms with Crippen molar-refractivity contribution in [3.8, 4) is 0 Å². The van der Waals surface area contributed by atoms with Crippen molar-refractivity contribution in [2.24, 2.45) is 11.8 Å². The lowest BCUT2D eigenvalue weighted by atomic mass is 9.90. The summed E-state index contributed by atoms with van der Waals surface area (Å²) in [6.45, 7) is 0. The molecular weight excluding hydrogens is 308 g/mol. The summed E-state index contributed by atoms with van der Waals surface area (Å²) in [5.41, 5.74) is 0.314. The first-order valence-electron chi connectivity index (χ1n) is 7.32. The van der Waals surface area contributed by atoms with Crippen LogP contribution in [0.4, 0.5) is 0 Å². The smallest absolute Gasteiger partial charge is 0.217 e. The van der Waals surface area contributed by atoms with E-state index in [0.29, 0.717) is 0 Å². The second-order valence-electron chi connectivity index (χ2n) is 5.46. The van der Waals surface area contributed by atoms with Crippen LogP contribution in [-0.2, 0) is 14.4 Å². The van der Waals surface area contributed by atoms with Gasteiger partial charge in [0.05, 0.1) is 0 Å². The molecule has 0 unspecified atom stereocenters. The van der Waals surface area contributed by atoms with Crippen LogP contribution in [-0.4, -0.2) is 28.9 Å². The molecular formula is C19H12O5. The summed E-state index contributed by atoms with van der Waals surface area (Å²) in [6.07, 6.45) is 0. The molecule has 0 bridgehead atoms. The van der Waals surface area contributed by atoms with Crippen LogP contribution in [0.15, 0.2) is 60.7 Å². The number of carbonyl (C=O) groups is 5. The maximum absolute atomic E-state index is 12.5. The predicted molar refractivity (Wildman–Crippen MR) is 83.5 cm³/mol. The van der Waals surface area contributed by atoms with Gasteiger partial charge < -0.3 is 0 Å². The van der Waals surface area contributed by atoms with Gasteiger partial charge in [0, 0.05) is 11.1 Å². The van der Waals surface area contributed by atoms with Crippen LogP contribution < -0.4 is 0 Å². The standard InChI is InChI=1S/C19H12O5/c20-15(11-7-3-1-4-8-11)13-17(22)14(19(24)18(13)23)16(21)12-9-5-2-6-10-12/h1-10,13-14H/t13-,14-/m0/s1. The Bertz CT molecular complexity index is 780. The van der Waals surface area contributed by atoms with Crippen LogP contribution in [0.5, 0.6) is 0 Å². The maximum atomic E-state index is 12.5. The fourth-order valence-corrected chi connectivity index (χ4v) is 2.74. The molecule has 3 rings (SSSR count). The van der Waals surface area contributed by atoms with Crippen molar-refractivity contribution in [3.63, 3.8) is 0 Å². The quantitative estimate of drug-likeness (QED) is 0.486. The molecule has 1 aliphatic rings.